The van der Waals surface area contributed by atoms with E-state index in [0.717, 1.165) is 40.1 Å². The molecule has 0 bridgehead atoms. The molecule has 0 aliphatic carbocycles. The van der Waals surface area contributed by atoms with E-state index in [1.807, 2.05) is 60.5 Å². The van der Waals surface area contributed by atoms with Gasteiger partial charge in [0.1, 0.15) is 0 Å². The molecule has 3 aromatic rings. The Hall–Kier alpha value is -2.41. The molecule has 0 saturated heterocycles. The van der Waals surface area contributed by atoms with E-state index in [1.165, 1.54) is 0 Å². The Kier molecular flexibility index (Phi) is 6.11. The van der Waals surface area contributed by atoms with E-state index < -0.39 is 0 Å². The molecule has 0 saturated carbocycles. The normalized spacial score (nSPS) is 11.0. The van der Waals surface area contributed by atoms with E-state index in [1.54, 1.807) is 6.20 Å². The number of aromatic nitrogens is 4. The predicted octanol–water partition coefficient (Wildman–Crippen LogP) is 3.64. The zero-order valence-electron chi connectivity index (χ0n) is 15.9. The minimum Gasteiger partial charge on any atom is -0.352 e. The van der Waals surface area contributed by atoms with Gasteiger partial charge >= 0.3 is 0 Å². The Labute approximate surface area is 167 Å². The second-order valence-electron chi connectivity index (χ2n) is 6.64. The largest absolute Gasteiger partial charge is 0.352 e. The van der Waals surface area contributed by atoms with Crippen molar-refractivity contribution in [3.8, 4) is 0 Å². The fourth-order valence-corrected chi connectivity index (χ4v) is 3.21. The highest BCUT2D eigenvalue weighted by Crippen LogP contribution is 2.20. The first-order valence-electron chi connectivity index (χ1n) is 9.01. The highest BCUT2D eigenvalue weighted by Gasteiger charge is 2.10. The van der Waals surface area contributed by atoms with Crippen LogP contribution in [-0.2, 0) is 13.1 Å². The Balaban J connectivity index is 1.51. The Morgan fingerprint density at radius 3 is 2.44 bits per heavy atom. The van der Waals surface area contributed by atoms with Crippen LogP contribution in [0.1, 0.15) is 39.4 Å². The van der Waals surface area contributed by atoms with Crippen LogP contribution in [0, 0.1) is 20.8 Å². The van der Waals surface area contributed by atoms with Crippen LogP contribution in [0.5, 0.6) is 0 Å². The van der Waals surface area contributed by atoms with Crippen molar-refractivity contribution in [2.75, 3.05) is 6.54 Å². The molecule has 1 amide bonds. The first-order valence-corrected chi connectivity index (χ1v) is 9.80. The summed E-state index contributed by atoms with van der Waals surface area (Å²) in [5.41, 5.74) is 4.99. The molecular weight excluding hydrogens is 406 g/mol. The summed E-state index contributed by atoms with van der Waals surface area (Å²) in [4.78, 5) is 12.3. The minimum atomic E-state index is -0.0485. The number of nitrogens with zero attached hydrogens (tertiary/aromatic N) is 4. The Morgan fingerprint density at radius 2 is 1.85 bits per heavy atom. The SMILES string of the molecule is Cc1nn(Cc2ccc(C(=O)NCCCn3nccc3C)cc2)c(C)c1Br. The molecule has 2 aromatic heterocycles. The Morgan fingerprint density at radius 1 is 1.11 bits per heavy atom. The average molecular weight is 430 g/mol. The number of halogens is 1. The number of benzene rings is 1. The number of amides is 1. The maximum absolute atomic E-state index is 12.3. The standard InChI is InChI=1S/C20H24BrN5O/c1-14-9-11-23-25(14)12-4-10-22-20(27)18-7-5-17(6-8-18)13-26-16(3)19(21)15(2)24-26/h5-9,11H,4,10,12-13H2,1-3H3,(H,22,27). The molecule has 0 aliphatic heterocycles. The van der Waals surface area contributed by atoms with Gasteiger partial charge in [0.25, 0.3) is 5.91 Å². The van der Waals surface area contributed by atoms with Crippen LogP contribution < -0.4 is 5.32 Å². The van der Waals surface area contributed by atoms with Gasteiger partial charge < -0.3 is 5.32 Å². The van der Waals surface area contributed by atoms with Crippen molar-refractivity contribution in [2.45, 2.75) is 40.3 Å². The molecule has 6 nitrogen and oxygen atoms in total. The van der Waals surface area contributed by atoms with E-state index in [9.17, 15) is 4.79 Å². The summed E-state index contributed by atoms with van der Waals surface area (Å²) in [6, 6.07) is 9.66. The maximum atomic E-state index is 12.3. The van der Waals surface area contributed by atoms with Crippen LogP contribution in [0.4, 0.5) is 0 Å². The van der Waals surface area contributed by atoms with Crippen molar-refractivity contribution < 1.29 is 4.79 Å². The quantitative estimate of drug-likeness (QED) is 0.583. The van der Waals surface area contributed by atoms with Crippen LogP contribution in [0.2, 0.25) is 0 Å². The molecule has 0 aliphatic rings. The van der Waals surface area contributed by atoms with Gasteiger partial charge in [0, 0.05) is 30.5 Å². The number of hydrogen-bond donors (Lipinski definition) is 1. The third-order valence-corrected chi connectivity index (χ3v) is 5.75. The van der Waals surface area contributed by atoms with Crippen LogP contribution in [0.15, 0.2) is 41.0 Å². The summed E-state index contributed by atoms with van der Waals surface area (Å²) in [7, 11) is 0. The molecule has 1 aromatic carbocycles. The molecule has 3 rings (SSSR count). The van der Waals surface area contributed by atoms with Gasteiger partial charge in [-0.05, 0) is 66.9 Å². The molecule has 2 heterocycles. The van der Waals surface area contributed by atoms with E-state index >= 15 is 0 Å². The number of carbonyl (C=O) groups is 1. The molecule has 0 spiro atoms. The molecule has 7 heteroatoms. The van der Waals surface area contributed by atoms with Crippen LogP contribution >= 0.6 is 15.9 Å². The molecule has 0 fully saturated rings. The summed E-state index contributed by atoms with van der Waals surface area (Å²) < 4.78 is 4.95. The second kappa shape index (κ2) is 8.52. The van der Waals surface area contributed by atoms with E-state index in [0.29, 0.717) is 18.7 Å². The summed E-state index contributed by atoms with van der Waals surface area (Å²) in [5.74, 6) is -0.0485. The average Bonchev–Trinajstić information content (AvgIpc) is 3.17. The Bertz CT molecular complexity index is 927. The molecular formula is C20H24BrN5O. The molecule has 0 atom stereocenters. The third kappa shape index (κ3) is 4.66. The first kappa shape index (κ1) is 19.4. The smallest absolute Gasteiger partial charge is 0.251 e. The number of nitrogens with one attached hydrogen (secondary N) is 1. The van der Waals surface area contributed by atoms with Crippen LogP contribution in [0.3, 0.4) is 0 Å². The summed E-state index contributed by atoms with van der Waals surface area (Å²) >= 11 is 3.55. The van der Waals surface area contributed by atoms with Crippen molar-refractivity contribution in [1.29, 1.82) is 0 Å². The molecule has 27 heavy (non-hydrogen) atoms. The van der Waals surface area contributed by atoms with E-state index in [2.05, 4.69) is 31.4 Å². The number of rotatable bonds is 7. The van der Waals surface area contributed by atoms with Gasteiger partial charge in [0.2, 0.25) is 0 Å². The topological polar surface area (TPSA) is 64.7 Å². The monoisotopic (exact) mass is 429 g/mol. The number of hydrogen-bond acceptors (Lipinski definition) is 3. The maximum Gasteiger partial charge on any atom is 0.251 e. The van der Waals surface area contributed by atoms with Crippen molar-refractivity contribution >= 4 is 21.8 Å². The van der Waals surface area contributed by atoms with Gasteiger partial charge in [-0.15, -0.1) is 0 Å². The lowest BCUT2D eigenvalue weighted by Gasteiger charge is -2.08. The van der Waals surface area contributed by atoms with Gasteiger partial charge in [-0.2, -0.15) is 10.2 Å². The van der Waals surface area contributed by atoms with E-state index in [-0.39, 0.29) is 5.91 Å². The lowest BCUT2D eigenvalue weighted by Crippen LogP contribution is -2.25. The lowest BCUT2D eigenvalue weighted by atomic mass is 10.1. The van der Waals surface area contributed by atoms with E-state index in [4.69, 9.17) is 0 Å². The number of carbonyl (C=O) groups excluding carboxylic acids is 1. The lowest BCUT2D eigenvalue weighted by molar-refractivity contribution is 0.0952. The zero-order valence-corrected chi connectivity index (χ0v) is 17.5. The van der Waals surface area contributed by atoms with Gasteiger partial charge in [-0.1, -0.05) is 12.1 Å². The molecule has 1 N–H and O–H groups in total. The van der Waals surface area contributed by atoms with Crippen molar-refractivity contribution in [1.82, 2.24) is 24.9 Å². The summed E-state index contributed by atoms with van der Waals surface area (Å²) in [6.45, 7) is 8.16. The highest BCUT2D eigenvalue weighted by atomic mass is 79.9. The van der Waals surface area contributed by atoms with Gasteiger partial charge in [-0.3, -0.25) is 14.2 Å². The molecule has 0 radical (unpaired) electrons. The van der Waals surface area contributed by atoms with Gasteiger partial charge in [0.05, 0.1) is 22.4 Å². The molecule has 142 valence electrons. The van der Waals surface area contributed by atoms with Crippen LogP contribution in [0.25, 0.3) is 0 Å². The minimum absolute atomic E-state index is 0.0485. The van der Waals surface area contributed by atoms with Crippen molar-refractivity contribution in [3.05, 3.63) is 69.2 Å². The first-order chi connectivity index (χ1) is 13.0. The van der Waals surface area contributed by atoms with Gasteiger partial charge in [0.15, 0.2) is 0 Å². The predicted molar refractivity (Wildman–Crippen MR) is 109 cm³/mol. The summed E-state index contributed by atoms with van der Waals surface area (Å²) in [6.07, 6.45) is 2.64. The second-order valence-corrected chi connectivity index (χ2v) is 7.44. The van der Waals surface area contributed by atoms with Gasteiger partial charge in [-0.25, -0.2) is 0 Å². The highest BCUT2D eigenvalue weighted by molar-refractivity contribution is 9.10. The van der Waals surface area contributed by atoms with Crippen LogP contribution in [-0.4, -0.2) is 32.0 Å². The fourth-order valence-electron chi connectivity index (χ4n) is 2.93. The zero-order chi connectivity index (χ0) is 19.4. The summed E-state index contributed by atoms with van der Waals surface area (Å²) in [5, 5.41) is 11.7. The van der Waals surface area contributed by atoms with Crippen molar-refractivity contribution in [2.24, 2.45) is 0 Å². The molecule has 0 unspecified atom stereocenters. The fraction of sp³-hybridized carbons (Fsp3) is 0.350. The van der Waals surface area contributed by atoms with Crippen molar-refractivity contribution in [3.63, 3.8) is 0 Å². The third-order valence-electron chi connectivity index (χ3n) is 4.60. The number of aryl methyl sites for hydroxylation is 3.